The number of aromatic nitrogens is 3. The van der Waals surface area contributed by atoms with Gasteiger partial charge in [0, 0.05) is 31.5 Å². The van der Waals surface area contributed by atoms with Crippen molar-refractivity contribution < 1.29 is 0 Å². The quantitative estimate of drug-likeness (QED) is 0.886. The third kappa shape index (κ3) is 3.18. The van der Waals surface area contributed by atoms with E-state index in [-0.39, 0.29) is 0 Å². The number of nitrogens with one attached hydrogen (secondary N) is 1. The number of hydrogen-bond donors (Lipinski definition) is 1. The van der Waals surface area contributed by atoms with Crippen molar-refractivity contribution in [3.05, 3.63) is 24.2 Å². The molecule has 0 saturated carbocycles. The first-order valence-corrected chi connectivity index (χ1v) is 8.07. The molecule has 0 spiro atoms. The second-order valence-corrected chi connectivity index (χ2v) is 5.96. The standard InChI is InChI=1S/C16H25N5/c1-3-4-9-20(12-14-6-5-7-17-14)16-15-11-13(2)19-21(15)10-8-18-16/h8,10-11,14,17H,3-7,9,12H2,1-2H3. The summed E-state index contributed by atoms with van der Waals surface area (Å²) < 4.78 is 1.94. The van der Waals surface area contributed by atoms with Gasteiger partial charge in [-0.1, -0.05) is 13.3 Å². The summed E-state index contributed by atoms with van der Waals surface area (Å²) in [5.74, 6) is 1.07. The van der Waals surface area contributed by atoms with Crippen LogP contribution in [0.25, 0.3) is 5.52 Å². The lowest BCUT2D eigenvalue weighted by Gasteiger charge is -2.27. The first kappa shape index (κ1) is 14.3. The van der Waals surface area contributed by atoms with Crippen LogP contribution in [0.3, 0.4) is 0 Å². The Labute approximate surface area is 126 Å². The molecule has 1 aliphatic rings. The van der Waals surface area contributed by atoms with Crippen LogP contribution in [0, 0.1) is 6.92 Å². The maximum atomic E-state index is 4.65. The molecule has 0 bridgehead atoms. The number of fused-ring (bicyclic) bond motifs is 1. The van der Waals surface area contributed by atoms with E-state index in [1.165, 1.54) is 25.7 Å². The van der Waals surface area contributed by atoms with Gasteiger partial charge in [0.15, 0.2) is 5.82 Å². The lowest BCUT2D eigenvalue weighted by molar-refractivity contribution is 0.569. The molecule has 0 aliphatic carbocycles. The monoisotopic (exact) mass is 287 g/mol. The number of rotatable bonds is 6. The van der Waals surface area contributed by atoms with Crippen LogP contribution in [-0.4, -0.2) is 40.3 Å². The molecule has 0 aromatic carbocycles. The fraction of sp³-hybridized carbons (Fsp3) is 0.625. The van der Waals surface area contributed by atoms with Gasteiger partial charge >= 0.3 is 0 Å². The molecule has 0 radical (unpaired) electrons. The Morgan fingerprint density at radius 3 is 3.14 bits per heavy atom. The molecule has 1 unspecified atom stereocenters. The normalized spacial score (nSPS) is 18.5. The van der Waals surface area contributed by atoms with Gasteiger partial charge in [-0.3, -0.25) is 0 Å². The second kappa shape index (κ2) is 6.43. The first-order chi connectivity index (χ1) is 10.3. The number of hydrogen-bond acceptors (Lipinski definition) is 4. The van der Waals surface area contributed by atoms with E-state index in [0.29, 0.717) is 6.04 Å². The number of anilines is 1. The summed E-state index contributed by atoms with van der Waals surface area (Å²) >= 11 is 0. The molecule has 2 aromatic rings. The van der Waals surface area contributed by atoms with E-state index in [9.17, 15) is 0 Å². The summed E-state index contributed by atoms with van der Waals surface area (Å²) in [6.07, 6.45) is 8.74. The highest BCUT2D eigenvalue weighted by Gasteiger charge is 2.20. The Hall–Kier alpha value is -1.62. The maximum Gasteiger partial charge on any atom is 0.154 e. The topological polar surface area (TPSA) is 45.5 Å². The summed E-state index contributed by atoms with van der Waals surface area (Å²) in [4.78, 5) is 7.09. The van der Waals surface area contributed by atoms with E-state index in [2.05, 4.69) is 33.3 Å². The molecule has 114 valence electrons. The molecule has 1 saturated heterocycles. The van der Waals surface area contributed by atoms with Crippen molar-refractivity contribution in [3.63, 3.8) is 0 Å². The lowest BCUT2D eigenvalue weighted by atomic mass is 10.2. The minimum absolute atomic E-state index is 0.591. The van der Waals surface area contributed by atoms with Gasteiger partial charge < -0.3 is 10.2 Å². The summed E-state index contributed by atoms with van der Waals surface area (Å²) in [6, 6.07) is 2.72. The molecule has 1 fully saturated rings. The molecule has 3 rings (SSSR count). The fourth-order valence-corrected chi connectivity index (χ4v) is 3.09. The molecule has 0 amide bonds. The zero-order chi connectivity index (χ0) is 14.7. The van der Waals surface area contributed by atoms with Crippen molar-refractivity contribution in [2.24, 2.45) is 0 Å². The van der Waals surface area contributed by atoms with Crippen LogP contribution in [0.2, 0.25) is 0 Å². The van der Waals surface area contributed by atoms with Crippen molar-refractivity contribution in [2.75, 3.05) is 24.5 Å². The molecular formula is C16H25N5. The first-order valence-electron chi connectivity index (χ1n) is 8.07. The highest BCUT2D eigenvalue weighted by atomic mass is 15.3. The highest BCUT2D eigenvalue weighted by molar-refractivity contribution is 5.69. The molecule has 2 aromatic heterocycles. The van der Waals surface area contributed by atoms with Gasteiger partial charge in [0.05, 0.1) is 5.69 Å². The van der Waals surface area contributed by atoms with E-state index in [1.54, 1.807) is 0 Å². The van der Waals surface area contributed by atoms with Gasteiger partial charge in [0.25, 0.3) is 0 Å². The maximum absolute atomic E-state index is 4.65. The third-order valence-corrected chi connectivity index (χ3v) is 4.18. The van der Waals surface area contributed by atoms with Gasteiger partial charge in [0.1, 0.15) is 5.52 Å². The number of unbranched alkanes of at least 4 members (excludes halogenated alkanes) is 1. The zero-order valence-corrected chi connectivity index (χ0v) is 13.0. The predicted octanol–water partition coefficient (Wildman–Crippen LogP) is 2.40. The van der Waals surface area contributed by atoms with Gasteiger partial charge in [-0.25, -0.2) is 9.50 Å². The molecular weight excluding hydrogens is 262 g/mol. The van der Waals surface area contributed by atoms with Crippen molar-refractivity contribution in [1.82, 2.24) is 19.9 Å². The SMILES string of the molecule is CCCCN(CC1CCCN1)c1nccn2nc(C)cc12. The van der Waals surface area contributed by atoms with Crippen LogP contribution in [0.15, 0.2) is 18.5 Å². The number of nitrogens with zero attached hydrogens (tertiary/aromatic N) is 4. The highest BCUT2D eigenvalue weighted by Crippen LogP contribution is 2.21. The average molecular weight is 287 g/mol. The van der Waals surface area contributed by atoms with Crippen LogP contribution in [0.5, 0.6) is 0 Å². The Kier molecular flexibility index (Phi) is 4.39. The average Bonchev–Trinajstić information content (AvgIpc) is 3.11. The van der Waals surface area contributed by atoms with Gasteiger partial charge in [-0.15, -0.1) is 0 Å². The molecule has 1 N–H and O–H groups in total. The van der Waals surface area contributed by atoms with Gasteiger partial charge in [-0.05, 0) is 38.8 Å². The zero-order valence-electron chi connectivity index (χ0n) is 13.0. The van der Waals surface area contributed by atoms with E-state index in [4.69, 9.17) is 0 Å². The molecule has 3 heterocycles. The smallest absolute Gasteiger partial charge is 0.154 e. The van der Waals surface area contributed by atoms with E-state index < -0.39 is 0 Å². The van der Waals surface area contributed by atoms with Gasteiger partial charge in [-0.2, -0.15) is 5.10 Å². The fourth-order valence-electron chi connectivity index (χ4n) is 3.09. The van der Waals surface area contributed by atoms with Crippen molar-refractivity contribution in [1.29, 1.82) is 0 Å². The Bertz CT molecular complexity index is 585. The van der Waals surface area contributed by atoms with Crippen LogP contribution < -0.4 is 10.2 Å². The van der Waals surface area contributed by atoms with E-state index >= 15 is 0 Å². The van der Waals surface area contributed by atoms with Crippen molar-refractivity contribution >= 4 is 11.3 Å². The molecule has 5 heteroatoms. The van der Waals surface area contributed by atoms with Crippen LogP contribution in [-0.2, 0) is 0 Å². The third-order valence-electron chi connectivity index (χ3n) is 4.18. The lowest BCUT2D eigenvalue weighted by Crippen LogP contribution is -2.38. The number of aryl methyl sites for hydroxylation is 1. The molecule has 21 heavy (non-hydrogen) atoms. The van der Waals surface area contributed by atoms with Crippen molar-refractivity contribution in [3.8, 4) is 0 Å². The summed E-state index contributed by atoms with van der Waals surface area (Å²) in [6.45, 7) is 7.52. The molecule has 1 atom stereocenters. The van der Waals surface area contributed by atoms with E-state index in [0.717, 1.165) is 36.7 Å². The van der Waals surface area contributed by atoms with E-state index in [1.807, 2.05) is 23.8 Å². The van der Waals surface area contributed by atoms with Crippen molar-refractivity contribution in [2.45, 2.75) is 45.6 Å². The second-order valence-electron chi connectivity index (χ2n) is 5.96. The minimum atomic E-state index is 0.591. The molecule has 5 nitrogen and oxygen atoms in total. The summed E-state index contributed by atoms with van der Waals surface area (Å²) in [5, 5.41) is 8.10. The van der Waals surface area contributed by atoms with Gasteiger partial charge in [0.2, 0.25) is 0 Å². The van der Waals surface area contributed by atoms with Crippen LogP contribution in [0.1, 0.15) is 38.3 Å². The Morgan fingerprint density at radius 2 is 2.38 bits per heavy atom. The largest absolute Gasteiger partial charge is 0.353 e. The Balaban J connectivity index is 1.88. The Morgan fingerprint density at radius 1 is 1.48 bits per heavy atom. The predicted molar refractivity (Wildman–Crippen MR) is 85.9 cm³/mol. The summed E-state index contributed by atoms with van der Waals surface area (Å²) in [5.41, 5.74) is 2.16. The van der Waals surface area contributed by atoms with Crippen LogP contribution >= 0.6 is 0 Å². The van der Waals surface area contributed by atoms with Crippen LogP contribution in [0.4, 0.5) is 5.82 Å². The molecule has 1 aliphatic heterocycles. The summed E-state index contributed by atoms with van der Waals surface area (Å²) in [7, 11) is 0. The minimum Gasteiger partial charge on any atom is -0.353 e.